The van der Waals surface area contributed by atoms with Gasteiger partial charge in [-0.2, -0.15) is 0 Å². The molecule has 1 saturated carbocycles. The Morgan fingerprint density at radius 1 is 1.56 bits per heavy atom. The summed E-state index contributed by atoms with van der Waals surface area (Å²) in [5.41, 5.74) is 0. The third-order valence-electron chi connectivity index (χ3n) is 2.71. The number of thiophene rings is 1. The first-order valence-electron chi connectivity index (χ1n) is 5.26. The number of hydrogen-bond acceptors (Lipinski definition) is 4. The molecule has 1 aliphatic rings. The topological polar surface area (TPSA) is 66.8 Å². The number of rotatable bonds is 3. The molecule has 0 aliphatic heterocycles. The largest absolute Gasteiger partial charge is 0.486 e. The van der Waals surface area contributed by atoms with Crippen molar-refractivity contribution in [1.82, 2.24) is 0 Å². The number of aryl methyl sites for hydroxylation is 1. The van der Waals surface area contributed by atoms with Crippen molar-refractivity contribution in [2.24, 2.45) is 0 Å². The second-order valence-electron chi connectivity index (χ2n) is 4.01. The zero-order valence-electron chi connectivity index (χ0n) is 8.97. The van der Waals surface area contributed by atoms with Crippen LogP contribution in [0.25, 0.3) is 0 Å². The van der Waals surface area contributed by atoms with Crippen LogP contribution in [0.2, 0.25) is 0 Å². The summed E-state index contributed by atoms with van der Waals surface area (Å²) in [7, 11) is 0. The van der Waals surface area contributed by atoms with Crippen molar-refractivity contribution in [2.45, 2.75) is 38.4 Å². The fourth-order valence-electron chi connectivity index (χ4n) is 1.93. The van der Waals surface area contributed by atoms with E-state index in [1.54, 1.807) is 6.07 Å². The number of carbonyl (C=O) groups is 1. The lowest BCUT2D eigenvalue weighted by molar-refractivity contribution is 0.0567. The Kier molecular flexibility index (Phi) is 3.16. The summed E-state index contributed by atoms with van der Waals surface area (Å²) in [6.45, 7) is 1.84. The van der Waals surface area contributed by atoms with Gasteiger partial charge in [0.25, 0.3) is 0 Å². The van der Waals surface area contributed by atoms with Gasteiger partial charge in [0.05, 0.1) is 6.10 Å². The SMILES string of the molecule is Cc1cc(OC2CCCC2O)c(C(=O)O)s1. The molecule has 88 valence electrons. The van der Waals surface area contributed by atoms with Gasteiger partial charge < -0.3 is 14.9 Å². The molecule has 0 amide bonds. The Labute approximate surface area is 97.5 Å². The van der Waals surface area contributed by atoms with Crippen LogP contribution in [0, 0.1) is 6.92 Å². The molecule has 1 fully saturated rings. The summed E-state index contributed by atoms with van der Waals surface area (Å²) >= 11 is 1.20. The number of aliphatic hydroxyl groups excluding tert-OH is 1. The number of aliphatic hydroxyl groups is 1. The second-order valence-corrected chi connectivity index (χ2v) is 5.27. The lowest BCUT2D eigenvalue weighted by Gasteiger charge is -2.16. The molecular weight excluding hydrogens is 228 g/mol. The molecule has 2 atom stereocenters. The highest BCUT2D eigenvalue weighted by Crippen LogP contribution is 2.32. The van der Waals surface area contributed by atoms with Crippen molar-refractivity contribution in [3.05, 3.63) is 15.8 Å². The monoisotopic (exact) mass is 242 g/mol. The number of carboxylic acid groups (broad SMARTS) is 1. The highest BCUT2D eigenvalue weighted by Gasteiger charge is 2.28. The summed E-state index contributed by atoms with van der Waals surface area (Å²) in [6, 6.07) is 1.72. The first-order valence-corrected chi connectivity index (χ1v) is 6.08. The minimum Gasteiger partial charge on any atom is -0.486 e. The Morgan fingerprint density at radius 3 is 2.88 bits per heavy atom. The van der Waals surface area contributed by atoms with Gasteiger partial charge in [0.1, 0.15) is 11.9 Å². The van der Waals surface area contributed by atoms with E-state index in [2.05, 4.69) is 0 Å². The van der Waals surface area contributed by atoms with Gasteiger partial charge >= 0.3 is 5.97 Å². The molecule has 1 aromatic rings. The predicted octanol–water partition coefficient (Wildman–Crippen LogP) is 2.05. The first-order chi connectivity index (χ1) is 7.58. The van der Waals surface area contributed by atoms with Crippen molar-refractivity contribution in [2.75, 3.05) is 0 Å². The van der Waals surface area contributed by atoms with E-state index < -0.39 is 12.1 Å². The molecule has 0 spiro atoms. The van der Waals surface area contributed by atoms with Gasteiger partial charge in [-0.3, -0.25) is 0 Å². The molecule has 4 nitrogen and oxygen atoms in total. The number of aromatic carboxylic acids is 1. The fourth-order valence-corrected chi connectivity index (χ4v) is 2.72. The van der Waals surface area contributed by atoms with E-state index in [0.29, 0.717) is 5.75 Å². The Bertz CT molecular complexity index is 399. The molecule has 0 bridgehead atoms. The molecular formula is C11H14O4S. The van der Waals surface area contributed by atoms with E-state index in [0.717, 1.165) is 24.1 Å². The quantitative estimate of drug-likeness (QED) is 0.851. The predicted molar refractivity (Wildman–Crippen MR) is 60.3 cm³/mol. The minimum absolute atomic E-state index is 0.219. The van der Waals surface area contributed by atoms with E-state index in [1.807, 2.05) is 6.92 Å². The average Bonchev–Trinajstić information content (AvgIpc) is 2.75. The van der Waals surface area contributed by atoms with Gasteiger partial charge in [-0.25, -0.2) is 4.79 Å². The van der Waals surface area contributed by atoms with Crippen molar-refractivity contribution >= 4 is 17.3 Å². The molecule has 1 heterocycles. The lowest BCUT2D eigenvalue weighted by Crippen LogP contribution is -2.26. The molecule has 0 aromatic carbocycles. The van der Waals surface area contributed by atoms with Crippen molar-refractivity contribution < 1.29 is 19.7 Å². The van der Waals surface area contributed by atoms with Gasteiger partial charge in [0.2, 0.25) is 0 Å². The Balaban J connectivity index is 2.17. The summed E-state index contributed by atoms with van der Waals surface area (Å²) in [5.74, 6) is -0.582. The van der Waals surface area contributed by atoms with Gasteiger partial charge in [-0.15, -0.1) is 11.3 Å². The van der Waals surface area contributed by atoms with Crippen LogP contribution in [-0.2, 0) is 0 Å². The van der Waals surface area contributed by atoms with Crippen molar-refractivity contribution in [3.8, 4) is 5.75 Å². The van der Waals surface area contributed by atoms with Crippen molar-refractivity contribution in [3.63, 3.8) is 0 Å². The molecule has 2 rings (SSSR count). The molecule has 2 unspecified atom stereocenters. The molecule has 1 aromatic heterocycles. The van der Waals surface area contributed by atoms with Crippen LogP contribution in [0.5, 0.6) is 5.75 Å². The third-order valence-corrected chi connectivity index (χ3v) is 3.73. The van der Waals surface area contributed by atoms with Gasteiger partial charge in [0.15, 0.2) is 4.88 Å². The van der Waals surface area contributed by atoms with Crippen LogP contribution >= 0.6 is 11.3 Å². The maximum atomic E-state index is 11.0. The van der Waals surface area contributed by atoms with E-state index in [-0.39, 0.29) is 11.0 Å². The highest BCUT2D eigenvalue weighted by molar-refractivity contribution is 7.14. The van der Waals surface area contributed by atoms with E-state index in [1.165, 1.54) is 11.3 Å². The first kappa shape index (κ1) is 11.4. The number of carboxylic acids is 1. The molecule has 5 heteroatoms. The molecule has 0 saturated heterocycles. The van der Waals surface area contributed by atoms with Gasteiger partial charge in [-0.1, -0.05) is 0 Å². The standard InChI is InChI=1S/C11H14O4S/c1-6-5-9(10(16-6)11(13)14)15-8-4-2-3-7(8)12/h5,7-8,12H,2-4H2,1H3,(H,13,14). The summed E-state index contributed by atoms with van der Waals surface area (Å²) < 4.78 is 5.58. The van der Waals surface area contributed by atoms with Crippen LogP contribution in [0.1, 0.15) is 33.8 Å². The Hall–Kier alpha value is -1.07. The summed E-state index contributed by atoms with van der Waals surface area (Å²) in [5, 5.41) is 18.6. The summed E-state index contributed by atoms with van der Waals surface area (Å²) in [6.07, 6.45) is 1.72. The van der Waals surface area contributed by atoms with E-state index in [9.17, 15) is 9.90 Å². The molecule has 16 heavy (non-hydrogen) atoms. The second kappa shape index (κ2) is 4.43. The minimum atomic E-state index is -0.972. The smallest absolute Gasteiger partial charge is 0.349 e. The zero-order valence-corrected chi connectivity index (χ0v) is 9.79. The Morgan fingerprint density at radius 2 is 2.31 bits per heavy atom. The van der Waals surface area contributed by atoms with E-state index in [4.69, 9.17) is 9.84 Å². The maximum Gasteiger partial charge on any atom is 0.349 e. The van der Waals surface area contributed by atoms with Crippen LogP contribution in [0.3, 0.4) is 0 Å². The molecule has 2 N–H and O–H groups in total. The fraction of sp³-hybridized carbons (Fsp3) is 0.545. The molecule has 0 radical (unpaired) electrons. The van der Waals surface area contributed by atoms with E-state index >= 15 is 0 Å². The lowest BCUT2D eigenvalue weighted by atomic mass is 10.2. The summed E-state index contributed by atoms with van der Waals surface area (Å²) in [4.78, 5) is 12.1. The zero-order chi connectivity index (χ0) is 11.7. The van der Waals surface area contributed by atoms with Crippen LogP contribution in [0.4, 0.5) is 0 Å². The normalized spacial score (nSPS) is 24.6. The maximum absolute atomic E-state index is 11.0. The third kappa shape index (κ3) is 2.20. The van der Waals surface area contributed by atoms with Crippen molar-refractivity contribution in [1.29, 1.82) is 0 Å². The molecule has 1 aliphatic carbocycles. The van der Waals surface area contributed by atoms with Gasteiger partial charge in [-0.05, 0) is 32.3 Å². The van der Waals surface area contributed by atoms with Crippen LogP contribution in [-0.4, -0.2) is 28.4 Å². The van der Waals surface area contributed by atoms with Gasteiger partial charge in [0, 0.05) is 4.88 Å². The van der Waals surface area contributed by atoms with Crippen LogP contribution < -0.4 is 4.74 Å². The average molecular weight is 242 g/mol. The highest BCUT2D eigenvalue weighted by atomic mass is 32.1. The van der Waals surface area contributed by atoms with Crippen LogP contribution in [0.15, 0.2) is 6.07 Å². The number of hydrogen-bond donors (Lipinski definition) is 2. The number of ether oxygens (including phenoxy) is 1.